The van der Waals surface area contributed by atoms with Gasteiger partial charge in [-0.1, -0.05) is 29.3 Å². The fourth-order valence-corrected chi connectivity index (χ4v) is 2.70. The molecule has 18 heavy (non-hydrogen) atoms. The smallest absolute Gasteiger partial charge is 0.157 e. The predicted molar refractivity (Wildman–Crippen MR) is 70.9 cm³/mol. The van der Waals surface area contributed by atoms with E-state index in [0.717, 1.165) is 18.4 Å². The number of ether oxygens (including phenoxy) is 1. The average Bonchev–Trinajstić information content (AvgIpc) is 2.26. The molecule has 5 heteroatoms. The third-order valence-corrected chi connectivity index (χ3v) is 3.70. The predicted octanol–water partition coefficient (Wildman–Crippen LogP) is 2.78. The molecule has 1 aliphatic heterocycles. The van der Waals surface area contributed by atoms with Gasteiger partial charge in [-0.25, -0.2) is 0 Å². The Morgan fingerprint density at radius 3 is 2.67 bits per heavy atom. The molecule has 3 unspecified atom stereocenters. The summed E-state index contributed by atoms with van der Waals surface area (Å²) < 4.78 is 5.37. The zero-order valence-electron chi connectivity index (χ0n) is 9.85. The number of aryl methyl sites for hydroxylation is 1. The van der Waals surface area contributed by atoms with Gasteiger partial charge in [0.15, 0.2) is 6.29 Å². The van der Waals surface area contributed by atoms with Gasteiger partial charge in [-0.15, -0.1) is 0 Å². The van der Waals surface area contributed by atoms with Crippen molar-refractivity contribution in [3.63, 3.8) is 0 Å². The van der Waals surface area contributed by atoms with E-state index in [0.29, 0.717) is 16.5 Å². The minimum absolute atomic E-state index is 0.129. The first-order valence-corrected chi connectivity index (χ1v) is 6.75. The lowest BCUT2D eigenvalue weighted by atomic mass is 9.99. The molecule has 1 fully saturated rings. The Balaban J connectivity index is 1.91. The number of hydrogen-bond donors (Lipinski definition) is 2. The van der Waals surface area contributed by atoms with Crippen molar-refractivity contribution in [2.45, 2.75) is 44.2 Å². The molecule has 0 radical (unpaired) electrons. The van der Waals surface area contributed by atoms with Crippen LogP contribution in [0.3, 0.4) is 0 Å². The summed E-state index contributed by atoms with van der Waals surface area (Å²) in [5.41, 5.74) is 0.999. The molecular formula is C13H16Cl2O3. The van der Waals surface area contributed by atoms with Gasteiger partial charge < -0.3 is 14.9 Å². The first-order chi connectivity index (χ1) is 8.54. The average molecular weight is 291 g/mol. The zero-order chi connectivity index (χ0) is 13.1. The molecule has 100 valence electrons. The van der Waals surface area contributed by atoms with Crippen LogP contribution in [0, 0.1) is 0 Å². The van der Waals surface area contributed by atoms with Crippen molar-refractivity contribution >= 4 is 23.2 Å². The Morgan fingerprint density at radius 2 is 2.00 bits per heavy atom. The fourth-order valence-electron chi connectivity index (χ4n) is 2.19. The fraction of sp³-hybridized carbons (Fsp3) is 0.538. The second-order valence-corrected chi connectivity index (χ2v) is 5.46. The maximum absolute atomic E-state index is 9.55. The summed E-state index contributed by atoms with van der Waals surface area (Å²) in [5, 5.41) is 20.2. The van der Waals surface area contributed by atoms with E-state index < -0.39 is 12.4 Å². The van der Waals surface area contributed by atoms with Crippen LogP contribution in [-0.2, 0) is 11.2 Å². The van der Waals surface area contributed by atoms with Crippen LogP contribution in [0.4, 0.5) is 0 Å². The number of benzene rings is 1. The van der Waals surface area contributed by atoms with Gasteiger partial charge in [0, 0.05) is 16.5 Å². The highest BCUT2D eigenvalue weighted by atomic mass is 35.5. The summed E-state index contributed by atoms with van der Waals surface area (Å²) >= 11 is 11.9. The standard InChI is InChI=1S/C13H16Cl2O3/c14-9-3-1-8(12(15)5-9)2-4-11-6-10(16)7-13(17)18-11/h1,3,5,10-11,13,16-17H,2,4,6-7H2. The molecule has 2 rings (SSSR count). The highest BCUT2D eigenvalue weighted by molar-refractivity contribution is 6.35. The topological polar surface area (TPSA) is 49.7 Å². The summed E-state index contributed by atoms with van der Waals surface area (Å²) in [5.74, 6) is 0. The molecule has 0 aliphatic carbocycles. The number of halogens is 2. The lowest BCUT2D eigenvalue weighted by Gasteiger charge is -2.30. The Hall–Kier alpha value is -0.320. The van der Waals surface area contributed by atoms with E-state index in [9.17, 15) is 10.2 Å². The molecule has 1 aliphatic rings. The van der Waals surface area contributed by atoms with Gasteiger partial charge in [-0.2, -0.15) is 0 Å². The molecular weight excluding hydrogens is 275 g/mol. The Labute approximate surface area is 116 Å². The highest BCUT2D eigenvalue weighted by Gasteiger charge is 2.26. The van der Waals surface area contributed by atoms with Crippen LogP contribution in [0.25, 0.3) is 0 Å². The van der Waals surface area contributed by atoms with Crippen molar-refractivity contribution in [3.8, 4) is 0 Å². The van der Waals surface area contributed by atoms with E-state index in [4.69, 9.17) is 27.9 Å². The molecule has 1 aromatic carbocycles. The molecule has 2 N–H and O–H groups in total. The third-order valence-electron chi connectivity index (χ3n) is 3.11. The molecule has 1 saturated heterocycles. The molecule has 0 bridgehead atoms. The first kappa shape index (κ1) is 14.1. The molecule has 0 aromatic heterocycles. The Bertz CT molecular complexity index is 401. The van der Waals surface area contributed by atoms with Gasteiger partial charge in [0.25, 0.3) is 0 Å². The zero-order valence-corrected chi connectivity index (χ0v) is 11.4. The summed E-state index contributed by atoms with van der Waals surface area (Å²) in [6, 6.07) is 5.40. The summed E-state index contributed by atoms with van der Waals surface area (Å²) in [7, 11) is 0. The number of aliphatic hydroxyl groups is 2. The third kappa shape index (κ3) is 3.84. The van der Waals surface area contributed by atoms with Crippen molar-refractivity contribution in [2.75, 3.05) is 0 Å². The van der Waals surface area contributed by atoms with Crippen molar-refractivity contribution in [1.82, 2.24) is 0 Å². The van der Waals surface area contributed by atoms with E-state index in [1.54, 1.807) is 12.1 Å². The van der Waals surface area contributed by atoms with Crippen molar-refractivity contribution in [3.05, 3.63) is 33.8 Å². The maximum Gasteiger partial charge on any atom is 0.157 e. The first-order valence-electron chi connectivity index (χ1n) is 6.00. The number of hydrogen-bond acceptors (Lipinski definition) is 3. The minimum atomic E-state index is -0.862. The normalized spacial score (nSPS) is 28.3. The van der Waals surface area contributed by atoms with Crippen molar-refractivity contribution < 1.29 is 14.9 Å². The van der Waals surface area contributed by atoms with Crippen LogP contribution in [0.1, 0.15) is 24.8 Å². The Morgan fingerprint density at radius 1 is 1.22 bits per heavy atom. The number of rotatable bonds is 3. The molecule has 0 saturated carbocycles. The van der Waals surface area contributed by atoms with Crippen LogP contribution in [0.15, 0.2) is 18.2 Å². The molecule has 1 heterocycles. The SMILES string of the molecule is OC1CC(O)OC(CCc2ccc(Cl)cc2Cl)C1. The van der Waals surface area contributed by atoms with Gasteiger partial charge in [-0.05, 0) is 37.0 Å². The van der Waals surface area contributed by atoms with Gasteiger partial charge in [0.05, 0.1) is 12.2 Å². The van der Waals surface area contributed by atoms with Crippen LogP contribution in [0.5, 0.6) is 0 Å². The van der Waals surface area contributed by atoms with E-state index in [2.05, 4.69) is 0 Å². The second kappa shape index (κ2) is 6.22. The monoisotopic (exact) mass is 290 g/mol. The second-order valence-electron chi connectivity index (χ2n) is 4.61. The maximum atomic E-state index is 9.55. The van der Waals surface area contributed by atoms with E-state index in [1.807, 2.05) is 6.07 Å². The van der Waals surface area contributed by atoms with Crippen molar-refractivity contribution in [1.29, 1.82) is 0 Å². The molecule has 0 amide bonds. The van der Waals surface area contributed by atoms with Gasteiger partial charge in [-0.3, -0.25) is 0 Å². The van der Waals surface area contributed by atoms with Gasteiger partial charge in [0.1, 0.15) is 0 Å². The van der Waals surface area contributed by atoms with Crippen LogP contribution >= 0.6 is 23.2 Å². The quantitative estimate of drug-likeness (QED) is 0.900. The van der Waals surface area contributed by atoms with Gasteiger partial charge in [0.2, 0.25) is 0 Å². The minimum Gasteiger partial charge on any atom is -0.393 e. The van der Waals surface area contributed by atoms with E-state index in [1.165, 1.54) is 0 Å². The van der Waals surface area contributed by atoms with Crippen LogP contribution < -0.4 is 0 Å². The van der Waals surface area contributed by atoms with Crippen molar-refractivity contribution in [2.24, 2.45) is 0 Å². The summed E-state index contributed by atoms with van der Waals surface area (Å²) in [6.07, 6.45) is 0.824. The molecule has 0 spiro atoms. The van der Waals surface area contributed by atoms with Crippen LogP contribution in [0.2, 0.25) is 10.0 Å². The summed E-state index contributed by atoms with van der Waals surface area (Å²) in [6.45, 7) is 0. The highest BCUT2D eigenvalue weighted by Crippen LogP contribution is 2.25. The molecule has 1 aromatic rings. The van der Waals surface area contributed by atoms with Crippen LogP contribution in [-0.4, -0.2) is 28.7 Å². The largest absolute Gasteiger partial charge is 0.393 e. The lowest BCUT2D eigenvalue weighted by Crippen LogP contribution is -2.35. The van der Waals surface area contributed by atoms with E-state index >= 15 is 0 Å². The Kier molecular flexibility index (Phi) is 4.87. The molecule has 3 nitrogen and oxygen atoms in total. The number of aliphatic hydroxyl groups excluding tert-OH is 2. The molecule has 3 atom stereocenters. The lowest BCUT2D eigenvalue weighted by molar-refractivity contribution is -0.190. The summed E-state index contributed by atoms with van der Waals surface area (Å²) in [4.78, 5) is 0. The van der Waals surface area contributed by atoms with E-state index in [-0.39, 0.29) is 12.5 Å². The van der Waals surface area contributed by atoms with Gasteiger partial charge >= 0.3 is 0 Å².